The zero-order valence-electron chi connectivity index (χ0n) is 7.51. The second-order valence-electron chi connectivity index (χ2n) is 2.47. The van der Waals surface area contributed by atoms with Crippen LogP contribution in [0, 0.1) is 0 Å². The maximum atomic E-state index is 5.47. The highest BCUT2D eigenvalue weighted by Gasteiger charge is 2.03. The van der Waals surface area contributed by atoms with E-state index in [2.05, 4.69) is 6.92 Å². The van der Waals surface area contributed by atoms with Crippen LogP contribution in [0.15, 0.2) is 0 Å². The average molecular weight is 161 g/mol. The topological polar surface area (TPSA) is 44.5 Å². The van der Waals surface area contributed by atoms with Gasteiger partial charge in [-0.05, 0) is 19.4 Å². The Morgan fingerprint density at radius 3 is 2.55 bits per heavy atom. The number of ether oxygens (including phenoxy) is 2. The van der Waals surface area contributed by atoms with E-state index >= 15 is 0 Å². The van der Waals surface area contributed by atoms with Gasteiger partial charge in [-0.3, -0.25) is 0 Å². The molecule has 1 unspecified atom stereocenters. The summed E-state index contributed by atoms with van der Waals surface area (Å²) in [5.41, 5.74) is 5.40. The number of hydrogen-bond acceptors (Lipinski definition) is 3. The summed E-state index contributed by atoms with van der Waals surface area (Å²) in [4.78, 5) is 0. The second kappa shape index (κ2) is 7.98. The Morgan fingerprint density at radius 1 is 1.36 bits per heavy atom. The molecule has 0 amide bonds. The first kappa shape index (κ1) is 10.9. The molecule has 0 saturated heterocycles. The van der Waals surface area contributed by atoms with E-state index in [9.17, 15) is 0 Å². The maximum Gasteiger partial charge on any atom is 0.0704 e. The fraction of sp³-hybridized carbons (Fsp3) is 1.00. The largest absolute Gasteiger partial charge is 0.382 e. The van der Waals surface area contributed by atoms with Crippen molar-refractivity contribution in [1.82, 2.24) is 0 Å². The molecule has 3 nitrogen and oxygen atoms in total. The molecular formula is C8H19NO2. The highest BCUT2D eigenvalue weighted by molar-refractivity contribution is 4.55. The lowest BCUT2D eigenvalue weighted by molar-refractivity contribution is 0.0128. The molecule has 0 heterocycles. The van der Waals surface area contributed by atoms with Crippen molar-refractivity contribution in [1.29, 1.82) is 0 Å². The Bertz CT molecular complexity index is 78.5. The molecule has 0 aromatic rings. The molecule has 0 bridgehead atoms. The molecule has 0 fully saturated rings. The fourth-order valence-electron chi connectivity index (χ4n) is 0.889. The van der Waals surface area contributed by atoms with E-state index in [1.165, 1.54) is 0 Å². The van der Waals surface area contributed by atoms with Crippen LogP contribution in [0.4, 0.5) is 0 Å². The first-order chi connectivity index (χ1) is 5.35. The molecule has 11 heavy (non-hydrogen) atoms. The van der Waals surface area contributed by atoms with E-state index in [0.29, 0.717) is 25.9 Å². The molecule has 0 aliphatic heterocycles. The summed E-state index contributed by atoms with van der Waals surface area (Å²) in [6.45, 7) is 4.15. The zero-order valence-corrected chi connectivity index (χ0v) is 7.51. The van der Waals surface area contributed by atoms with Crippen molar-refractivity contribution in [2.45, 2.75) is 25.9 Å². The molecule has 0 aliphatic carbocycles. The van der Waals surface area contributed by atoms with E-state index in [1.807, 2.05) is 0 Å². The maximum absolute atomic E-state index is 5.47. The summed E-state index contributed by atoms with van der Waals surface area (Å²) in [5.74, 6) is 0. The van der Waals surface area contributed by atoms with Gasteiger partial charge < -0.3 is 15.2 Å². The quantitative estimate of drug-likeness (QED) is 0.561. The average Bonchev–Trinajstić information content (AvgIpc) is 2.03. The van der Waals surface area contributed by atoms with Gasteiger partial charge in [-0.15, -0.1) is 0 Å². The summed E-state index contributed by atoms with van der Waals surface area (Å²) in [6, 6.07) is 0. The van der Waals surface area contributed by atoms with E-state index in [4.69, 9.17) is 15.2 Å². The SMILES string of the molecule is CCC(CCN)OCCOC. The number of hydrogen-bond donors (Lipinski definition) is 1. The van der Waals surface area contributed by atoms with Crippen LogP contribution in [0.2, 0.25) is 0 Å². The van der Waals surface area contributed by atoms with Crippen LogP contribution in [0.1, 0.15) is 19.8 Å². The van der Waals surface area contributed by atoms with Crippen molar-refractivity contribution in [3.63, 3.8) is 0 Å². The molecule has 1 atom stereocenters. The van der Waals surface area contributed by atoms with E-state index in [0.717, 1.165) is 12.8 Å². The van der Waals surface area contributed by atoms with Gasteiger partial charge in [0.05, 0.1) is 19.3 Å². The summed E-state index contributed by atoms with van der Waals surface area (Å²) in [6.07, 6.45) is 2.29. The minimum Gasteiger partial charge on any atom is -0.382 e. The van der Waals surface area contributed by atoms with Crippen molar-refractivity contribution in [3.8, 4) is 0 Å². The van der Waals surface area contributed by atoms with Crippen LogP contribution in [0.25, 0.3) is 0 Å². The van der Waals surface area contributed by atoms with Gasteiger partial charge in [0.15, 0.2) is 0 Å². The van der Waals surface area contributed by atoms with Crippen LogP contribution in [0.5, 0.6) is 0 Å². The third-order valence-electron chi connectivity index (χ3n) is 1.58. The van der Waals surface area contributed by atoms with Gasteiger partial charge in [-0.25, -0.2) is 0 Å². The van der Waals surface area contributed by atoms with Gasteiger partial charge in [0, 0.05) is 7.11 Å². The molecule has 2 N–H and O–H groups in total. The van der Waals surface area contributed by atoms with E-state index in [1.54, 1.807) is 7.11 Å². The van der Waals surface area contributed by atoms with Gasteiger partial charge in [-0.2, -0.15) is 0 Å². The van der Waals surface area contributed by atoms with Crippen molar-refractivity contribution in [3.05, 3.63) is 0 Å². The zero-order chi connectivity index (χ0) is 8.53. The Hall–Kier alpha value is -0.120. The van der Waals surface area contributed by atoms with Crippen LogP contribution in [-0.4, -0.2) is 33.0 Å². The molecule has 0 aromatic carbocycles. The van der Waals surface area contributed by atoms with Gasteiger partial charge in [0.25, 0.3) is 0 Å². The van der Waals surface area contributed by atoms with Crippen LogP contribution in [-0.2, 0) is 9.47 Å². The van der Waals surface area contributed by atoms with E-state index < -0.39 is 0 Å². The molecule has 3 heteroatoms. The predicted octanol–water partition coefficient (Wildman–Crippen LogP) is 0.777. The molecule has 0 saturated carbocycles. The molecule has 0 spiro atoms. The summed E-state index contributed by atoms with van der Waals surface area (Å²) >= 11 is 0. The minimum absolute atomic E-state index is 0.315. The lowest BCUT2D eigenvalue weighted by atomic mass is 10.2. The first-order valence-corrected chi connectivity index (χ1v) is 4.15. The van der Waals surface area contributed by atoms with Crippen molar-refractivity contribution < 1.29 is 9.47 Å². The monoisotopic (exact) mass is 161 g/mol. The van der Waals surface area contributed by atoms with Crippen molar-refractivity contribution in [2.24, 2.45) is 5.73 Å². The van der Waals surface area contributed by atoms with Gasteiger partial charge in [0.1, 0.15) is 0 Å². The van der Waals surface area contributed by atoms with Crippen LogP contribution in [0.3, 0.4) is 0 Å². The van der Waals surface area contributed by atoms with Gasteiger partial charge in [-0.1, -0.05) is 6.92 Å². The van der Waals surface area contributed by atoms with Crippen LogP contribution < -0.4 is 5.73 Å². The Kier molecular flexibility index (Phi) is 7.89. The predicted molar refractivity (Wildman–Crippen MR) is 45.6 cm³/mol. The van der Waals surface area contributed by atoms with Gasteiger partial charge in [0.2, 0.25) is 0 Å². The molecular weight excluding hydrogens is 142 g/mol. The molecule has 0 aromatic heterocycles. The van der Waals surface area contributed by atoms with E-state index in [-0.39, 0.29) is 0 Å². The smallest absolute Gasteiger partial charge is 0.0704 e. The number of methoxy groups -OCH3 is 1. The van der Waals surface area contributed by atoms with Crippen molar-refractivity contribution in [2.75, 3.05) is 26.9 Å². The molecule has 0 aliphatic rings. The molecule has 68 valence electrons. The minimum atomic E-state index is 0.315. The normalized spacial score (nSPS) is 13.4. The van der Waals surface area contributed by atoms with Crippen molar-refractivity contribution >= 4 is 0 Å². The summed E-state index contributed by atoms with van der Waals surface area (Å²) in [5, 5.41) is 0. The summed E-state index contributed by atoms with van der Waals surface area (Å²) < 4.78 is 10.3. The summed E-state index contributed by atoms with van der Waals surface area (Å²) in [7, 11) is 1.67. The van der Waals surface area contributed by atoms with Crippen LogP contribution >= 0.6 is 0 Å². The highest BCUT2D eigenvalue weighted by atomic mass is 16.5. The Labute approximate surface area is 68.9 Å². The third kappa shape index (κ3) is 6.28. The van der Waals surface area contributed by atoms with Gasteiger partial charge >= 0.3 is 0 Å². The second-order valence-corrected chi connectivity index (χ2v) is 2.47. The Morgan fingerprint density at radius 2 is 2.09 bits per heavy atom. The lowest BCUT2D eigenvalue weighted by Gasteiger charge is -2.14. The Balaban J connectivity index is 3.20. The highest BCUT2D eigenvalue weighted by Crippen LogP contribution is 2.01. The fourth-order valence-corrected chi connectivity index (χ4v) is 0.889. The third-order valence-corrected chi connectivity index (χ3v) is 1.58. The lowest BCUT2D eigenvalue weighted by Crippen LogP contribution is -2.18. The first-order valence-electron chi connectivity index (χ1n) is 4.15. The molecule has 0 radical (unpaired) electrons. The molecule has 0 rings (SSSR count). The number of rotatable bonds is 7. The number of nitrogens with two attached hydrogens (primary N) is 1. The standard InChI is InChI=1S/C8H19NO2/c1-3-8(4-5-9)11-7-6-10-2/h8H,3-7,9H2,1-2H3.